The monoisotopic (exact) mass is 191 g/mol. The molecule has 6 N–H and O–H groups in total. The zero-order valence-electron chi connectivity index (χ0n) is 7.95. The summed E-state index contributed by atoms with van der Waals surface area (Å²) in [5.41, 5.74) is 15.9. The van der Waals surface area contributed by atoms with Gasteiger partial charge in [0.2, 0.25) is 0 Å². The molecule has 74 valence electrons. The number of carbonyl (C=O) groups excluding carboxylic acids is 1. The number of nitrogen functional groups attached to an aromatic ring is 1. The van der Waals surface area contributed by atoms with E-state index in [-0.39, 0.29) is 0 Å². The first-order valence-electron chi connectivity index (χ1n) is 3.90. The van der Waals surface area contributed by atoms with Crippen LogP contribution in [0.4, 0.5) is 5.69 Å². The molecule has 0 aliphatic heterocycles. The fourth-order valence-corrected chi connectivity index (χ4v) is 0.721. The van der Waals surface area contributed by atoms with E-state index in [1.807, 2.05) is 0 Å². The van der Waals surface area contributed by atoms with Crippen LogP contribution in [0.1, 0.15) is 17.3 Å². The van der Waals surface area contributed by atoms with Gasteiger partial charge in [0.05, 0.1) is 5.56 Å². The third kappa shape index (κ3) is 4.02. The Kier molecular flexibility index (Phi) is 5.40. The highest BCUT2D eigenvalue weighted by molar-refractivity contribution is 5.97. The number of anilines is 1. The lowest BCUT2D eigenvalue weighted by Gasteiger charge is -1.97. The Balaban J connectivity index is 0.000000364. The summed E-state index contributed by atoms with van der Waals surface area (Å²) in [5.74, 6) is 1.97. The number of carbonyl (C=O) groups is 1. The van der Waals surface area contributed by atoms with Crippen molar-refractivity contribution in [1.82, 2.24) is 0 Å². The lowest BCUT2D eigenvalue weighted by Crippen LogP contribution is -2.12. The van der Waals surface area contributed by atoms with E-state index in [1.165, 1.54) is 0 Å². The van der Waals surface area contributed by atoms with Crippen molar-refractivity contribution in [1.29, 1.82) is 0 Å². The first-order valence-corrected chi connectivity index (χ1v) is 3.90. The van der Waals surface area contributed by atoms with E-state index in [4.69, 9.17) is 11.5 Å². The Morgan fingerprint density at radius 2 is 1.86 bits per heavy atom. The van der Waals surface area contributed by atoms with Gasteiger partial charge in [-0.1, -0.05) is 18.1 Å². The van der Waals surface area contributed by atoms with Gasteiger partial charge in [0.1, 0.15) is 0 Å². The number of amides is 1. The molecule has 0 bridgehead atoms. The molecule has 1 aromatic rings. The van der Waals surface area contributed by atoms with Crippen LogP contribution in [0.5, 0.6) is 0 Å². The highest BCUT2D eigenvalue weighted by Gasteiger charge is 2.01. The second-order valence-corrected chi connectivity index (χ2v) is 2.35. The normalized spacial score (nSPS) is 7.50. The SMILES string of the molecule is CC#CN.NC(=O)c1ccccc1N. The lowest BCUT2D eigenvalue weighted by molar-refractivity contribution is 0.100. The van der Waals surface area contributed by atoms with Crippen molar-refractivity contribution in [3.8, 4) is 12.0 Å². The van der Waals surface area contributed by atoms with Gasteiger partial charge in [-0.2, -0.15) is 0 Å². The van der Waals surface area contributed by atoms with Gasteiger partial charge < -0.3 is 17.2 Å². The Labute approximate surface area is 83.1 Å². The molecule has 0 saturated heterocycles. The summed E-state index contributed by atoms with van der Waals surface area (Å²) in [4.78, 5) is 10.6. The Morgan fingerprint density at radius 3 is 2.14 bits per heavy atom. The summed E-state index contributed by atoms with van der Waals surface area (Å²) in [7, 11) is 0. The third-order valence-corrected chi connectivity index (χ3v) is 1.37. The molecule has 4 heteroatoms. The van der Waals surface area contributed by atoms with Crippen LogP contribution in [-0.4, -0.2) is 5.91 Å². The number of hydrogen-bond acceptors (Lipinski definition) is 3. The Hall–Kier alpha value is -2.15. The molecule has 0 heterocycles. The van der Waals surface area contributed by atoms with Crippen LogP contribution in [0.2, 0.25) is 0 Å². The maximum absolute atomic E-state index is 10.6. The van der Waals surface area contributed by atoms with E-state index in [0.29, 0.717) is 11.3 Å². The van der Waals surface area contributed by atoms with Crippen molar-refractivity contribution in [3.63, 3.8) is 0 Å². The molecule has 0 aliphatic rings. The van der Waals surface area contributed by atoms with Gasteiger partial charge in [-0.15, -0.1) is 0 Å². The number of primary amides is 1. The Morgan fingerprint density at radius 1 is 1.36 bits per heavy atom. The largest absolute Gasteiger partial charge is 0.398 e. The minimum Gasteiger partial charge on any atom is -0.398 e. The lowest BCUT2D eigenvalue weighted by atomic mass is 10.2. The molecule has 1 aromatic carbocycles. The molecule has 0 saturated carbocycles. The standard InChI is InChI=1S/C7H8N2O.C3H5N/c8-6-4-2-1-3-5(6)7(9)10;1-2-3-4/h1-4H,8H2,(H2,9,10);4H2,1H3. The number of hydrogen-bond donors (Lipinski definition) is 3. The molecular weight excluding hydrogens is 178 g/mol. The maximum Gasteiger partial charge on any atom is 0.250 e. The second-order valence-electron chi connectivity index (χ2n) is 2.35. The number of para-hydroxylation sites is 1. The predicted octanol–water partition coefficient (Wildman–Crippen LogP) is 0.294. The first-order chi connectivity index (χ1) is 6.63. The molecule has 1 rings (SSSR count). The van der Waals surface area contributed by atoms with E-state index >= 15 is 0 Å². The molecule has 0 fully saturated rings. The highest BCUT2D eigenvalue weighted by Crippen LogP contribution is 2.08. The number of benzene rings is 1. The van der Waals surface area contributed by atoms with Crippen LogP contribution in [-0.2, 0) is 0 Å². The van der Waals surface area contributed by atoms with Gasteiger partial charge in [-0.3, -0.25) is 4.79 Å². The molecule has 1 amide bonds. The van der Waals surface area contributed by atoms with Gasteiger partial charge in [0, 0.05) is 11.7 Å². The summed E-state index contributed by atoms with van der Waals surface area (Å²) in [6.45, 7) is 1.69. The average Bonchev–Trinajstić information content (AvgIpc) is 2.18. The summed E-state index contributed by atoms with van der Waals surface area (Å²) in [5, 5.41) is 0. The van der Waals surface area contributed by atoms with Crippen LogP contribution in [0, 0.1) is 12.0 Å². The molecule has 0 aliphatic carbocycles. The molecule has 0 spiro atoms. The van der Waals surface area contributed by atoms with Gasteiger partial charge in [-0.05, 0) is 19.1 Å². The molecule has 0 atom stereocenters. The van der Waals surface area contributed by atoms with Crippen molar-refractivity contribution in [2.24, 2.45) is 11.5 Å². The van der Waals surface area contributed by atoms with Crippen molar-refractivity contribution in [3.05, 3.63) is 29.8 Å². The van der Waals surface area contributed by atoms with Gasteiger partial charge >= 0.3 is 0 Å². The second kappa shape index (κ2) is 6.38. The average molecular weight is 191 g/mol. The molecular formula is C10H13N3O. The van der Waals surface area contributed by atoms with Gasteiger partial charge in [0.25, 0.3) is 5.91 Å². The zero-order chi connectivity index (χ0) is 11.0. The maximum atomic E-state index is 10.6. The Bertz CT molecular complexity index is 357. The molecule has 4 nitrogen and oxygen atoms in total. The van der Waals surface area contributed by atoms with E-state index in [1.54, 1.807) is 31.2 Å². The van der Waals surface area contributed by atoms with Gasteiger partial charge in [0.15, 0.2) is 0 Å². The van der Waals surface area contributed by atoms with Crippen molar-refractivity contribution in [2.75, 3.05) is 5.73 Å². The smallest absolute Gasteiger partial charge is 0.250 e. The highest BCUT2D eigenvalue weighted by atomic mass is 16.1. The summed E-state index contributed by atoms with van der Waals surface area (Å²) < 4.78 is 0. The molecule has 0 unspecified atom stereocenters. The summed E-state index contributed by atoms with van der Waals surface area (Å²) in [6.07, 6.45) is 0. The number of nitrogens with two attached hydrogens (primary N) is 3. The zero-order valence-corrected chi connectivity index (χ0v) is 7.95. The van der Waals surface area contributed by atoms with Crippen LogP contribution in [0.25, 0.3) is 0 Å². The van der Waals surface area contributed by atoms with Crippen molar-refractivity contribution < 1.29 is 4.79 Å². The summed E-state index contributed by atoms with van der Waals surface area (Å²) >= 11 is 0. The van der Waals surface area contributed by atoms with E-state index in [0.717, 1.165) is 0 Å². The van der Waals surface area contributed by atoms with Crippen molar-refractivity contribution >= 4 is 11.6 Å². The third-order valence-electron chi connectivity index (χ3n) is 1.37. The molecule has 0 aromatic heterocycles. The summed E-state index contributed by atoms with van der Waals surface area (Å²) in [6, 6.07) is 8.88. The first kappa shape index (κ1) is 11.8. The van der Waals surface area contributed by atoms with Crippen molar-refractivity contribution in [2.45, 2.75) is 6.92 Å². The fourth-order valence-electron chi connectivity index (χ4n) is 0.721. The van der Waals surface area contributed by atoms with E-state index < -0.39 is 5.91 Å². The minimum atomic E-state index is -0.488. The quantitative estimate of drug-likeness (QED) is 0.338. The van der Waals surface area contributed by atoms with Crippen LogP contribution in [0.15, 0.2) is 24.3 Å². The fraction of sp³-hybridized carbons (Fsp3) is 0.100. The van der Waals surface area contributed by atoms with Crippen LogP contribution < -0.4 is 17.2 Å². The topological polar surface area (TPSA) is 95.1 Å². The number of rotatable bonds is 1. The van der Waals surface area contributed by atoms with Gasteiger partial charge in [-0.25, -0.2) is 0 Å². The van der Waals surface area contributed by atoms with Crippen LogP contribution >= 0.6 is 0 Å². The molecule has 0 radical (unpaired) electrons. The van der Waals surface area contributed by atoms with Crippen LogP contribution in [0.3, 0.4) is 0 Å². The van der Waals surface area contributed by atoms with E-state index in [9.17, 15) is 4.79 Å². The van der Waals surface area contributed by atoms with E-state index in [2.05, 4.69) is 17.7 Å². The molecule has 14 heavy (non-hydrogen) atoms. The minimum absolute atomic E-state index is 0.377. The predicted molar refractivity (Wildman–Crippen MR) is 57.0 cm³/mol.